The Morgan fingerprint density at radius 2 is 1.92 bits per heavy atom. The van der Waals surface area contributed by atoms with Crippen LogP contribution in [-0.4, -0.2) is 21.1 Å². The molecule has 128 valence electrons. The Labute approximate surface area is 146 Å². The summed E-state index contributed by atoms with van der Waals surface area (Å²) < 4.78 is 27.7. The molecule has 0 aliphatic carbocycles. The Morgan fingerprint density at radius 3 is 2.64 bits per heavy atom. The van der Waals surface area contributed by atoms with Crippen LogP contribution in [0.1, 0.15) is 17.3 Å². The molecule has 0 radical (unpaired) electrons. The van der Waals surface area contributed by atoms with Crippen LogP contribution in [0.5, 0.6) is 0 Å². The van der Waals surface area contributed by atoms with Crippen LogP contribution in [0.25, 0.3) is 10.9 Å². The number of Topliss-reactive ketones (excluding diaryl/α,β-unsaturated/α-hetero) is 1. The molecule has 0 amide bonds. The van der Waals surface area contributed by atoms with Gasteiger partial charge < -0.3 is 0 Å². The van der Waals surface area contributed by atoms with E-state index < -0.39 is 11.6 Å². The predicted molar refractivity (Wildman–Crippen MR) is 93.1 cm³/mol. The zero-order valence-corrected chi connectivity index (χ0v) is 14.1. The monoisotopic (exact) mass is 360 g/mol. The third kappa shape index (κ3) is 3.46. The summed E-state index contributed by atoms with van der Waals surface area (Å²) in [6.45, 7) is 2.23. The molecule has 25 heavy (non-hydrogen) atoms. The maximum atomic E-state index is 13.3. The number of carbonyl (C=O) groups excluding carboxylic acids is 1. The van der Waals surface area contributed by atoms with Crippen LogP contribution in [0, 0.1) is 11.6 Å². The van der Waals surface area contributed by atoms with Crippen LogP contribution in [-0.2, 0) is 6.54 Å². The van der Waals surface area contributed by atoms with Gasteiger partial charge in [0.1, 0.15) is 0 Å². The number of rotatable bonds is 5. The number of aromatic nitrogens is 2. The van der Waals surface area contributed by atoms with Crippen LogP contribution < -0.4 is 5.56 Å². The van der Waals surface area contributed by atoms with Crippen molar-refractivity contribution in [3.63, 3.8) is 0 Å². The molecule has 0 atom stereocenters. The van der Waals surface area contributed by atoms with Crippen molar-refractivity contribution in [3.05, 3.63) is 70.0 Å². The van der Waals surface area contributed by atoms with Crippen LogP contribution in [0.2, 0.25) is 0 Å². The number of ketones is 1. The summed E-state index contributed by atoms with van der Waals surface area (Å²) in [6.07, 6.45) is 0. The molecule has 4 nitrogen and oxygen atoms in total. The average Bonchev–Trinajstić information content (AvgIpc) is 2.62. The van der Waals surface area contributed by atoms with Crippen molar-refractivity contribution < 1.29 is 13.6 Å². The van der Waals surface area contributed by atoms with Crippen LogP contribution in [0.3, 0.4) is 0 Å². The van der Waals surface area contributed by atoms with Gasteiger partial charge in [0.25, 0.3) is 5.56 Å². The first kappa shape index (κ1) is 17.3. The van der Waals surface area contributed by atoms with E-state index in [2.05, 4.69) is 4.98 Å². The molecule has 0 saturated carbocycles. The average molecular weight is 360 g/mol. The minimum absolute atomic E-state index is 0.0319. The van der Waals surface area contributed by atoms with Gasteiger partial charge in [-0.15, -0.1) is 0 Å². The Bertz CT molecular complexity index is 1020. The standard InChI is InChI=1S/C18H14F2N2O2S/c1-2-22-17(24)12-5-3-4-6-15(12)21-18(22)25-10-16(23)11-7-8-13(19)14(20)9-11/h3-9H,2,10H2,1H3. The molecule has 0 aliphatic rings. The summed E-state index contributed by atoms with van der Waals surface area (Å²) in [7, 11) is 0. The largest absolute Gasteiger partial charge is 0.293 e. The smallest absolute Gasteiger partial charge is 0.262 e. The highest BCUT2D eigenvalue weighted by atomic mass is 32.2. The SMILES string of the molecule is CCn1c(SCC(=O)c2ccc(F)c(F)c2)nc2ccccc2c1=O. The summed E-state index contributed by atoms with van der Waals surface area (Å²) in [4.78, 5) is 29.2. The molecule has 1 aromatic heterocycles. The third-order valence-corrected chi connectivity index (χ3v) is 4.69. The van der Waals surface area contributed by atoms with Crippen molar-refractivity contribution in [1.29, 1.82) is 0 Å². The molecule has 3 aromatic rings. The molecular formula is C18H14F2N2O2S. The first-order valence-electron chi connectivity index (χ1n) is 7.62. The van der Waals surface area contributed by atoms with E-state index >= 15 is 0 Å². The minimum Gasteiger partial charge on any atom is -0.293 e. The molecule has 3 rings (SSSR count). The lowest BCUT2D eigenvalue weighted by atomic mass is 10.1. The summed E-state index contributed by atoms with van der Waals surface area (Å²) >= 11 is 1.10. The van der Waals surface area contributed by atoms with E-state index in [4.69, 9.17) is 0 Å². The number of carbonyl (C=O) groups is 1. The lowest BCUT2D eigenvalue weighted by Gasteiger charge is -2.10. The van der Waals surface area contributed by atoms with Crippen molar-refractivity contribution >= 4 is 28.4 Å². The maximum absolute atomic E-state index is 13.3. The van der Waals surface area contributed by atoms with Gasteiger partial charge in [0.05, 0.1) is 16.7 Å². The quantitative estimate of drug-likeness (QED) is 0.396. The van der Waals surface area contributed by atoms with E-state index in [-0.39, 0.29) is 22.7 Å². The van der Waals surface area contributed by atoms with Gasteiger partial charge in [0.15, 0.2) is 22.6 Å². The fourth-order valence-electron chi connectivity index (χ4n) is 2.42. The molecule has 0 aliphatic heterocycles. The zero-order valence-electron chi connectivity index (χ0n) is 13.3. The number of benzene rings is 2. The van der Waals surface area contributed by atoms with E-state index in [1.165, 1.54) is 10.6 Å². The third-order valence-electron chi connectivity index (χ3n) is 3.72. The maximum Gasteiger partial charge on any atom is 0.262 e. The number of thioether (sulfide) groups is 1. The highest BCUT2D eigenvalue weighted by molar-refractivity contribution is 7.99. The lowest BCUT2D eigenvalue weighted by Crippen LogP contribution is -2.22. The Hall–Kier alpha value is -2.54. The first-order chi connectivity index (χ1) is 12.0. The predicted octanol–water partition coefficient (Wildman–Crippen LogP) is 3.67. The van der Waals surface area contributed by atoms with E-state index in [0.29, 0.717) is 22.6 Å². The summed E-state index contributed by atoms with van der Waals surface area (Å²) in [5, 5.41) is 0.933. The lowest BCUT2D eigenvalue weighted by molar-refractivity contribution is 0.102. The van der Waals surface area contributed by atoms with E-state index in [1.54, 1.807) is 24.3 Å². The number of nitrogens with zero attached hydrogens (tertiary/aromatic N) is 2. The molecule has 7 heteroatoms. The molecule has 0 spiro atoms. The second-order valence-corrected chi connectivity index (χ2v) is 6.24. The molecular weight excluding hydrogens is 346 g/mol. The second-order valence-electron chi connectivity index (χ2n) is 5.30. The molecule has 0 unspecified atom stereocenters. The van der Waals surface area contributed by atoms with Crippen LogP contribution in [0.4, 0.5) is 8.78 Å². The van der Waals surface area contributed by atoms with Gasteiger partial charge in [0, 0.05) is 12.1 Å². The Kier molecular flexibility index (Phi) is 4.94. The number of para-hydroxylation sites is 1. The highest BCUT2D eigenvalue weighted by Crippen LogP contribution is 2.20. The Balaban J connectivity index is 1.88. The second kappa shape index (κ2) is 7.14. The van der Waals surface area contributed by atoms with Gasteiger partial charge in [-0.1, -0.05) is 23.9 Å². The van der Waals surface area contributed by atoms with Crippen molar-refractivity contribution in [2.75, 3.05) is 5.75 Å². The summed E-state index contributed by atoms with van der Waals surface area (Å²) in [6, 6.07) is 10.0. The fraction of sp³-hybridized carbons (Fsp3) is 0.167. The number of hydrogen-bond donors (Lipinski definition) is 0. The van der Waals surface area contributed by atoms with Gasteiger partial charge in [-0.3, -0.25) is 14.2 Å². The molecule has 0 bridgehead atoms. The van der Waals surface area contributed by atoms with Crippen molar-refractivity contribution in [2.45, 2.75) is 18.6 Å². The first-order valence-corrected chi connectivity index (χ1v) is 8.60. The van der Waals surface area contributed by atoms with E-state index in [1.807, 2.05) is 6.92 Å². The van der Waals surface area contributed by atoms with Crippen LogP contribution >= 0.6 is 11.8 Å². The molecule has 0 N–H and O–H groups in total. The number of hydrogen-bond acceptors (Lipinski definition) is 4. The topological polar surface area (TPSA) is 52.0 Å². The van der Waals surface area contributed by atoms with Crippen molar-refractivity contribution in [1.82, 2.24) is 9.55 Å². The zero-order chi connectivity index (χ0) is 18.0. The molecule has 2 aromatic carbocycles. The molecule has 1 heterocycles. The summed E-state index contributed by atoms with van der Waals surface area (Å²) in [5.41, 5.74) is 0.466. The summed E-state index contributed by atoms with van der Waals surface area (Å²) in [5.74, 6) is -2.46. The number of fused-ring (bicyclic) bond motifs is 1. The number of halogens is 2. The van der Waals surface area contributed by atoms with Gasteiger partial charge in [0.2, 0.25) is 0 Å². The van der Waals surface area contributed by atoms with Gasteiger partial charge in [-0.2, -0.15) is 0 Å². The van der Waals surface area contributed by atoms with Crippen molar-refractivity contribution in [3.8, 4) is 0 Å². The van der Waals surface area contributed by atoms with E-state index in [0.717, 1.165) is 23.9 Å². The van der Waals surface area contributed by atoms with Crippen molar-refractivity contribution in [2.24, 2.45) is 0 Å². The molecule has 0 saturated heterocycles. The normalized spacial score (nSPS) is 11.0. The molecule has 0 fully saturated rings. The van der Waals surface area contributed by atoms with E-state index in [9.17, 15) is 18.4 Å². The van der Waals surface area contributed by atoms with Gasteiger partial charge in [-0.25, -0.2) is 13.8 Å². The Morgan fingerprint density at radius 1 is 1.16 bits per heavy atom. The minimum atomic E-state index is -1.06. The van der Waals surface area contributed by atoms with Crippen LogP contribution in [0.15, 0.2) is 52.4 Å². The fourth-order valence-corrected chi connectivity index (χ4v) is 3.38. The van der Waals surface area contributed by atoms with Gasteiger partial charge >= 0.3 is 0 Å². The van der Waals surface area contributed by atoms with Gasteiger partial charge in [-0.05, 0) is 37.3 Å². The highest BCUT2D eigenvalue weighted by Gasteiger charge is 2.14.